The van der Waals surface area contributed by atoms with E-state index in [4.69, 9.17) is 9.26 Å². The number of halogens is 1. The van der Waals surface area contributed by atoms with Crippen molar-refractivity contribution >= 4 is 22.4 Å². The molecule has 1 N–H and O–H groups in total. The van der Waals surface area contributed by atoms with E-state index >= 15 is 0 Å². The zero-order valence-corrected chi connectivity index (χ0v) is 18.4. The molecule has 0 saturated carbocycles. The molecule has 0 bridgehead atoms. The Kier molecular flexibility index (Phi) is 6.55. The molecule has 0 atom stereocenters. The van der Waals surface area contributed by atoms with Crippen molar-refractivity contribution in [1.29, 1.82) is 0 Å². The number of benzene rings is 2. The van der Waals surface area contributed by atoms with Gasteiger partial charge in [-0.25, -0.2) is 9.37 Å². The second-order valence-corrected chi connectivity index (χ2v) is 8.28. The highest BCUT2D eigenvalue weighted by Gasteiger charge is 2.13. The molecule has 0 aliphatic rings. The first-order valence-corrected chi connectivity index (χ1v) is 10.8. The Morgan fingerprint density at radius 1 is 1.09 bits per heavy atom. The van der Waals surface area contributed by atoms with Crippen molar-refractivity contribution in [3.63, 3.8) is 0 Å². The molecule has 0 aliphatic heterocycles. The van der Waals surface area contributed by atoms with Gasteiger partial charge in [-0.15, -0.1) is 11.3 Å². The third kappa shape index (κ3) is 5.17. The summed E-state index contributed by atoms with van der Waals surface area (Å²) in [6.45, 7) is 1.97. The summed E-state index contributed by atoms with van der Waals surface area (Å²) in [7, 11) is 1.62. The molecule has 4 aromatic rings. The fourth-order valence-electron chi connectivity index (χ4n) is 3.12. The van der Waals surface area contributed by atoms with Gasteiger partial charge in [-0.05, 0) is 61.9 Å². The topological polar surface area (TPSA) is 90.1 Å². The van der Waals surface area contributed by atoms with Gasteiger partial charge >= 0.3 is 0 Å². The minimum absolute atomic E-state index is 0.127. The van der Waals surface area contributed by atoms with Crippen LogP contribution in [0.1, 0.15) is 23.6 Å². The van der Waals surface area contributed by atoms with Crippen molar-refractivity contribution in [3.8, 4) is 28.4 Å². The highest BCUT2D eigenvalue weighted by Crippen LogP contribution is 2.31. The molecule has 4 rings (SSSR count). The van der Waals surface area contributed by atoms with Crippen LogP contribution in [-0.4, -0.2) is 28.1 Å². The van der Waals surface area contributed by atoms with Crippen LogP contribution in [-0.2, 0) is 11.2 Å². The van der Waals surface area contributed by atoms with Gasteiger partial charge in [0, 0.05) is 28.8 Å². The van der Waals surface area contributed by atoms with E-state index in [1.54, 1.807) is 19.2 Å². The summed E-state index contributed by atoms with van der Waals surface area (Å²) < 4.78 is 23.4. The fraction of sp³-hybridized carbons (Fsp3) is 0.217. The zero-order valence-electron chi connectivity index (χ0n) is 17.6. The molecule has 1 amide bonds. The van der Waals surface area contributed by atoms with E-state index in [2.05, 4.69) is 20.4 Å². The Morgan fingerprint density at radius 2 is 1.81 bits per heavy atom. The Hall–Kier alpha value is -3.59. The molecule has 2 aromatic carbocycles. The lowest BCUT2D eigenvalue weighted by atomic mass is 10.1. The van der Waals surface area contributed by atoms with Gasteiger partial charge in [0.2, 0.25) is 17.6 Å². The van der Waals surface area contributed by atoms with Crippen molar-refractivity contribution in [2.45, 2.75) is 26.2 Å². The predicted molar refractivity (Wildman–Crippen MR) is 120 cm³/mol. The summed E-state index contributed by atoms with van der Waals surface area (Å²) in [6.07, 6.45) is 1.31. The van der Waals surface area contributed by atoms with Crippen molar-refractivity contribution in [3.05, 3.63) is 65.1 Å². The van der Waals surface area contributed by atoms with Gasteiger partial charge in [-0.1, -0.05) is 5.16 Å². The van der Waals surface area contributed by atoms with Gasteiger partial charge in [0.1, 0.15) is 11.6 Å². The lowest BCUT2D eigenvalue weighted by Crippen LogP contribution is -2.11. The number of rotatable bonds is 8. The number of thiazole rings is 1. The highest BCUT2D eigenvalue weighted by atomic mass is 32.1. The lowest BCUT2D eigenvalue weighted by molar-refractivity contribution is -0.116. The normalized spacial score (nSPS) is 10.8. The number of aromatic nitrogens is 3. The summed E-state index contributed by atoms with van der Waals surface area (Å²) in [4.78, 5) is 22.2. The Morgan fingerprint density at radius 3 is 2.53 bits per heavy atom. The van der Waals surface area contributed by atoms with Crippen LogP contribution in [0.15, 0.2) is 53.1 Å². The van der Waals surface area contributed by atoms with E-state index in [1.165, 1.54) is 23.5 Å². The van der Waals surface area contributed by atoms with Crippen LogP contribution in [0.5, 0.6) is 5.75 Å². The molecule has 0 spiro atoms. The van der Waals surface area contributed by atoms with Gasteiger partial charge in [0.05, 0.1) is 12.8 Å². The largest absolute Gasteiger partial charge is 0.497 e. The molecule has 0 fully saturated rings. The summed E-state index contributed by atoms with van der Waals surface area (Å²) in [6, 6.07) is 13.5. The SMILES string of the molecule is COc1ccc(-c2nc(NC(=O)CCCc3nc(-c4ccc(F)cc4)no3)sc2C)cc1. The average Bonchev–Trinajstić information content (AvgIpc) is 3.41. The van der Waals surface area contributed by atoms with Crippen LogP contribution < -0.4 is 10.1 Å². The molecule has 0 saturated heterocycles. The van der Waals surface area contributed by atoms with Crippen molar-refractivity contribution in [2.24, 2.45) is 0 Å². The molecule has 9 heteroatoms. The number of carbonyl (C=O) groups is 1. The van der Waals surface area contributed by atoms with E-state index in [1.807, 2.05) is 31.2 Å². The van der Waals surface area contributed by atoms with Crippen LogP contribution in [0.25, 0.3) is 22.6 Å². The summed E-state index contributed by atoms with van der Waals surface area (Å²) >= 11 is 1.44. The van der Waals surface area contributed by atoms with Crippen molar-refractivity contribution in [1.82, 2.24) is 15.1 Å². The molecule has 2 aromatic heterocycles. The van der Waals surface area contributed by atoms with Crippen LogP contribution in [0.2, 0.25) is 0 Å². The van der Waals surface area contributed by atoms with E-state index in [9.17, 15) is 9.18 Å². The second-order valence-electron chi connectivity index (χ2n) is 7.07. The summed E-state index contributed by atoms with van der Waals surface area (Å²) in [5, 5.41) is 7.33. The number of nitrogens with one attached hydrogen (secondary N) is 1. The van der Waals surface area contributed by atoms with E-state index in [-0.39, 0.29) is 11.7 Å². The number of methoxy groups -OCH3 is 1. The lowest BCUT2D eigenvalue weighted by Gasteiger charge is -2.02. The number of aryl methyl sites for hydroxylation is 2. The van der Waals surface area contributed by atoms with Crippen molar-refractivity contribution in [2.75, 3.05) is 12.4 Å². The first-order valence-electron chi connectivity index (χ1n) is 10.0. The standard InChI is InChI=1S/C23H21FN4O3S/c1-14-21(15-8-12-18(30-2)13-9-15)27-23(32-14)25-19(29)4-3-5-20-26-22(28-31-20)16-6-10-17(24)11-7-16/h6-13H,3-5H2,1-2H3,(H,25,27,29). The average molecular weight is 453 g/mol. The maximum absolute atomic E-state index is 13.0. The number of carbonyl (C=O) groups excluding carboxylic acids is 1. The van der Waals surface area contributed by atoms with Gasteiger partial charge < -0.3 is 14.6 Å². The summed E-state index contributed by atoms with van der Waals surface area (Å²) in [5.41, 5.74) is 2.48. The molecular formula is C23H21FN4O3S. The number of hydrogen-bond acceptors (Lipinski definition) is 7. The van der Waals surface area contributed by atoms with E-state index in [0.29, 0.717) is 41.7 Å². The van der Waals surface area contributed by atoms with Gasteiger partial charge in [0.15, 0.2) is 5.13 Å². The fourth-order valence-corrected chi connectivity index (χ4v) is 3.97. The molecule has 0 aliphatic carbocycles. The van der Waals surface area contributed by atoms with E-state index < -0.39 is 0 Å². The van der Waals surface area contributed by atoms with Gasteiger partial charge in [-0.3, -0.25) is 4.79 Å². The number of amides is 1. The maximum Gasteiger partial charge on any atom is 0.226 e. The number of ether oxygens (including phenoxy) is 1. The van der Waals surface area contributed by atoms with E-state index in [0.717, 1.165) is 21.9 Å². The summed E-state index contributed by atoms with van der Waals surface area (Å²) in [5.74, 6) is 1.16. The molecule has 164 valence electrons. The van der Waals surface area contributed by atoms with Crippen LogP contribution in [0.4, 0.5) is 9.52 Å². The number of nitrogens with zero attached hydrogens (tertiary/aromatic N) is 3. The molecule has 32 heavy (non-hydrogen) atoms. The third-order valence-electron chi connectivity index (χ3n) is 4.77. The second kappa shape index (κ2) is 9.69. The van der Waals surface area contributed by atoms with Crippen molar-refractivity contribution < 1.29 is 18.4 Å². The maximum atomic E-state index is 13.0. The highest BCUT2D eigenvalue weighted by molar-refractivity contribution is 7.16. The third-order valence-corrected chi connectivity index (χ3v) is 5.66. The first-order chi connectivity index (χ1) is 15.5. The Bertz CT molecular complexity index is 1200. The van der Waals surface area contributed by atoms with Gasteiger partial charge in [0.25, 0.3) is 0 Å². The molecule has 2 heterocycles. The minimum Gasteiger partial charge on any atom is -0.497 e. The quantitative estimate of drug-likeness (QED) is 0.391. The van der Waals surface area contributed by atoms with Crippen LogP contribution in [0.3, 0.4) is 0 Å². The minimum atomic E-state index is -0.324. The smallest absolute Gasteiger partial charge is 0.226 e. The molecule has 7 nitrogen and oxygen atoms in total. The zero-order chi connectivity index (χ0) is 22.5. The monoisotopic (exact) mass is 452 g/mol. The van der Waals surface area contributed by atoms with Gasteiger partial charge in [-0.2, -0.15) is 4.98 Å². The molecule has 0 unspecified atom stereocenters. The van der Waals surface area contributed by atoms with Crippen LogP contribution >= 0.6 is 11.3 Å². The first kappa shape index (κ1) is 21.6. The van der Waals surface area contributed by atoms with Crippen LogP contribution in [0, 0.1) is 12.7 Å². The number of hydrogen-bond donors (Lipinski definition) is 1. The molecule has 0 radical (unpaired) electrons. The number of anilines is 1. The Balaban J connectivity index is 1.29. The predicted octanol–water partition coefficient (Wildman–Crippen LogP) is 5.28. The molecular weight excluding hydrogens is 431 g/mol. The Labute approximate surface area is 188 Å².